The van der Waals surface area contributed by atoms with Crippen LogP contribution < -0.4 is 5.73 Å². The van der Waals surface area contributed by atoms with Crippen LogP contribution in [0, 0.1) is 0 Å². The summed E-state index contributed by atoms with van der Waals surface area (Å²) >= 11 is 11.7. The topological polar surface area (TPSA) is 26.0 Å². The zero-order valence-electron chi connectivity index (χ0n) is 6.04. The Morgan fingerprint density at radius 2 is 2.08 bits per heavy atom. The first-order valence-corrected chi connectivity index (χ1v) is 4.98. The lowest BCUT2D eigenvalue weighted by Crippen LogP contribution is -1.83. The lowest BCUT2D eigenvalue weighted by atomic mass is 10.2. The molecule has 2 aromatic rings. The maximum atomic E-state index is 5.83. The number of nitrogens with two attached hydrogens (primary N) is 1. The fraction of sp³-hybridized carbons (Fsp3) is 0. The van der Waals surface area contributed by atoms with Crippen LogP contribution in [0.5, 0.6) is 0 Å². The zero-order chi connectivity index (χ0) is 8.72. The summed E-state index contributed by atoms with van der Waals surface area (Å²) in [5.74, 6) is 0. The van der Waals surface area contributed by atoms with Gasteiger partial charge >= 0.3 is 0 Å². The Labute approximate surface area is 84.6 Å². The standard InChI is InChI=1S/C8H6ClNS2/c9-4-1-6(10)5-3-8(11)12-7(5)2-4/h1-3,11H,10H2. The van der Waals surface area contributed by atoms with Crippen LogP contribution in [0.15, 0.2) is 22.4 Å². The lowest BCUT2D eigenvalue weighted by molar-refractivity contribution is 1.75. The van der Waals surface area contributed by atoms with Crippen molar-refractivity contribution in [3.05, 3.63) is 23.2 Å². The summed E-state index contributed by atoms with van der Waals surface area (Å²) in [4.78, 5) is 0. The average molecular weight is 216 g/mol. The highest BCUT2D eigenvalue weighted by Gasteiger charge is 2.03. The first-order chi connectivity index (χ1) is 5.66. The molecule has 1 aromatic carbocycles. The van der Waals surface area contributed by atoms with Crippen LogP contribution >= 0.6 is 35.6 Å². The van der Waals surface area contributed by atoms with Crippen molar-refractivity contribution >= 4 is 51.3 Å². The second-order valence-corrected chi connectivity index (χ2v) is 4.80. The Morgan fingerprint density at radius 3 is 2.83 bits per heavy atom. The second kappa shape index (κ2) is 2.83. The number of hydrogen-bond donors (Lipinski definition) is 2. The van der Waals surface area contributed by atoms with Gasteiger partial charge in [0.05, 0.1) is 4.21 Å². The van der Waals surface area contributed by atoms with E-state index in [1.54, 1.807) is 17.4 Å². The predicted molar refractivity (Wildman–Crippen MR) is 58.5 cm³/mol. The van der Waals surface area contributed by atoms with Crippen molar-refractivity contribution < 1.29 is 0 Å². The van der Waals surface area contributed by atoms with E-state index in [1.807, 2.05) is 12.1 Å². The molecule has 0 saturated carbocycles. The molecular formula is C8H6ClNS2. The van der Waals surface area contributed by atoms with Gasteiger partial charge in [0.15, 0.2) is 0 Å². The molecular weight excluding hydrogens is 210 g/mol. The molecule has 0 spiro atoms. The van der Waals surface area contributed by atoms with Crippen LogP contribution in [0.1, 0.15) is 0 Å². The minimum Gasteiger partial charge on any atom is -0.398 e. The highest BCUT2D eigenvalue weighted by atomic mass is 35.5. The molecule has 0 bridgehead atoms. The summed E-state index contributed by atoms with van der Waals surface area (Å²) in [6.45, 7) is 0. The molecule has 0 aliphatic heterocycles. The number of thiophene rings is 1. The molecule has 1 heterocycles. The summed E-state index contributed by atoms with van der Waals surface area (Å²) in [5, 5.41) is 1.71. The van der Waals surface area contributed by atoms with Gasteiger partial charge in [0.1, 0.15) is 0 Å². The van der Waals surface area contributed by atoms with E-state index >= 15 is 0 Å². The van der Waals surface area contributed by atoms with Crippen LogP contribution in [-0.4, -0.2) is 0 Å². The summed E-state index contributed by atoms with van der Waals surface area (Å²) in [6.07, 6.45) is 0. The van der Waals surface area contributed by atoms with Crippen LogP contribution in [0.2, 0.25) is 5.02 Å². The van der Waals surface area contributed by atoms with Gasteiger partial charge in [-0.2, -0.15) is 0 Å². The molecule has 0 aliphatic rings. The molecule has 0 saturated heterocycles. The van der Waals surface area contributed by atoms with Gasteiger partial charge in [0.2, 0.25) is 0 Å². The largest absolute Gasteiger partial charge is 0.398 e. The van der Waals surface area contributed by atoms with Crippen molar-refractivity contribution in [2.24, 2.45) is 0 Å². The SMILES string of the molecule is Nc1cc(Cl)cc2sc(S)cc12. The molecule has 0 unspecified atom stereocenters. The molecule has 1 aromatic heterocycles. The van der Waals surface area contributed by atoms with Crippen LogP contribution in [0.3, 0.4) is 0 Å². The molecule has 1 nitrogen and oxygen atoms in total. The maximum Gasteiger partial charge on any atom is 0.0581 e. The van der Waals surface area contributed by atoms with Gasteiger partial charge < -0.3 is 5.73 Å². The molecule has 0 fully saturated rings. The number of anilines is 1. The summed E-state index contributed by atoms with van der Waals surface area (Å²) in [6, 6.07) is 5.61. The lowest BCUT2D eigenvalue weighted by Gasteiger charge is -1.95. The second-order valence-electron chi connectivity index (χ2n) is 2.49. The molecule has 2 N–H and O–H groups in total. The van der Waals surface area contributed by atoms with Crippen molar-refractivity contribution in [3.8, 4) is 0 Å². The predicted octanol–water partition coefficient (Wildman–Crippen LogP) is 3.43. The molecule has 0 amide bonds. The van der Waals surface area contributed by atoms with E-state index in [0.29, 0.717) is 10.7 Å². The van der Waals surface area contributed by atoms with E-state index in [1.165, 1.54) is 0 Å². The first-order valence-electron chi connectivity index (χ1n) is 3.34. The third-order valence-electron chi connectivity index (χ3n) is 1.62. The van der Waals surface area contributed by atoms with Crippen LogP contribution in [0.4, 0.5) is 5.69 Å². The smallest absolute Gasteiger partial charge is 0.0581 e. The van der Waals surface area contributed by atoms with Crippen molar-refractivity contribution in [3.63, 3.8) is 0 Å². The average Bonchev–Trinajstić information content (AvgIpc) is 2.29. The molecule has 2 rings (SSSR count). The molecule has 0 atom stereocenters. The molecule has 62 valence electrons. The zero-order valence-corrected chi connectivity index (χ0v) is 8.51. The molecule has 12 heavy (non-hydrogen) atoms. The minimum absolute atomic E-state index is 0.676. The quantitative estimate of drug-likeness (QED) is 0.511. The number of nitrogen functional groups attached to an aromatic ring is 1. The molecule has 0 aliphatic carbocycles. The third-order valence-corrected chi connectivity index (χ3v) is 3.13. The van der Waals surface area contributed by atoms with E-state index in [0.717, 1.165) is 14.3 Å². The monoisotopic (exact) mass is 215 g/mol. The number of halogens is 1. The fourth-order valence-corrected chi connectivity index (χ4v) is 2.71. The first kappa shape index (κ1) is 8.23. The van der Waals surface area contributed by atoms with Gasteiger partial charge in [-0.25, -0.2) is 0 Å². The molecule has 4 heteroatoms. The van der Waals surface area contributed by atoms with E-state index in [9.17, 15) is 0 Å². The Balaban J connectivity index is 2.88. The Morgan fingerprint density at radius 1 is 1.33 bits per heavy atom. The highest BCUT2D eigenvalue weighted by Crippen LogP contribution is 2.34. The van der Waals surface area contributed by atoms with E-state index in [2.05, 4.69) is 12.6 Å². The number of fused-ring (bicyclic) bond motifs is 1. The Hall–Kier alpha value is -0.380. The van der Waals surface area contributed by atoms with Crippen LogP contribution in [-0.2, 0) is 0 Å². The van der Waals surface area contributed by atoms with Gasteiger partial charge in [-0.15, -0.1) is 24.0 Å². The maximum absolute atomic E-state index is 5.83. The number of hydrogen-bond acceptors (Lipinski definition) is 3. The van der Waals surface area contributed by atoms with Gasteiger partial charge in [0.25, 0.3) is 0 Å². The van der Waals surface area contributed by atoms with E-state index in [-0.39, 0.29) is 0 Å². The van der Waals surface area contributed by atoms with E-state index in [4.69, 9.17) is 17.3 Å². The number of benzene rings is 1. The van der Waals surface area contributed by atoms with Gasteiger partial charge in [0, 0.05) is 20.8 Å². The van der Waals surface area contributed by atoms with Crippen molar-refractivity contribution in [1.29, 1.82) is 0 Å². The van der Waals surface area contributed by atoms with Crippen molar-refractivity contribution in [1.82, 2.24) is 0 Å². The number of thiol groups is 1. The normalized spacial score (nSPS) is 10.8. The van der Waals surface area contributed by atoms with Crippen molar-refractivity contribution in [2.45, 2.75) is 4.21 Å². The minimum atomic E-state index is 0.676. The summed E-state index contributed by atoms with van der Waals surface area (Å²) in [7, 11) is 0. The number of rotatable bonds is 0. The van der Waals surface area contributed by atoms with Gasteiger partial charge in [-0.3, -0.25) is 0 Å². The van der Waals surface area contributed by atoms with Gasteiger partial charge in [-0.1, -0.05) is 11.6 Å². The van der Waals surface area contributed by atoms with Crippen molar-refractivity contribution in [2.75, 3.05) is 5.73 Å². The Kier molecular flexibility index (Phi) is 1.94. The fourth-order valence-electron chi connectivity index (χ4n) is 1.12. The Bertz CT molecular complexity index is 436. The summed E-state index contributed by atoms with van der Waals surface area (Å²) in [5.41, 5.74) is 6.48. The molecule has 0 radical (unpaired) electrons. The van der Waals surface area contributed by atoms with Gasteiger partial charge in [-0.05, 0) is 18.2 Å². The third kappa shape index (κ3) is 1.28. The van der Waals surface area contributed by atoms with Crippen LogP contribution in [0.25, 0.3) is 10.1 Å². The van der Waals surface area contributed by atoms with E-state index < -0.39 is 0 Å². The summed E-state index contributed by atoms with van der Waals surface area (Å²) < 4.78 is 2.05. The highest BCUT2D eigenvalue weighted by molar-refractivity contribution is 7.83.